The van der Waals surface area contributed by atoms with Crippen molar-refractivity contribution in [2.45, 2.75) is 34.1 Å². The van der Waals surface area contributed by atoms with Crippen LogP contribution in [-0.2, 0) is 16.4 Å². The molecule has 0 amide bonds. The van der Waals surface area contributed by atoms with Gasteiger partial charge in [0, 0.05) is 24.4 Å². The summed E-state index contributed by atoms with van der Waals surface area (Å²) in [5.41, 5.74) is 1.72. The zero-order valence-electron chi connectivity index (χ0n) is 17.6. The topological polar surface area (TPSA) is 95.5 Å². The van der Waals surface area contributed by atoms with Crippen molar-refractivity contribution in [1.29, 1.82) is 0 Å². The van der Waals surface area contributed by atoms with Crippen LogP contribution in [0.5, 0.6) is 0 Å². The van der Waals surface area contributed by atoms with Crippen LogP contribution in [0, 0.1) is 26.6 Å². The van der Waals surface area contributed by atoms with Gasteiger partial charge in [-0.3, -0.25) is 9.71 Å². The van der Waals surface area contributed by atoms with E-state index in [1.54, 1.807) is 18.3 Å². The van der Waals surface area contributed by atoms with Crippen LogP contribution in [0.2, 0.25) is 0 Å². The van der Waals surface area contributed by atoms with Gasteiger partial charge in [0.25, 0.3) is 0 Å². The van der Waals surface area contributed by atoms with E-state index in [1.807, 2.05) is 13.8 Å². The molecule has 0 spiro atoms. The first-order valence-corrected chi connectivity index (χ1v) is 11.9. The van der Waals surface area contributed by atoms with Crippen molar-refractivity contribution in [3.63, 3.8) is 0 Å². The molecular formula is C19H29FIN5O2S2. The van der Waals surface area contributed by atoms with E-state index in [1.165, 1.54) is 23.1 Å². The van der Waals surface area contributed by atoms with Gasteiger partial charge in [0.2, 0.25) is 10.0 Å². The average molecular weight is 570 g/mol. The molecule has 1 aromatic heterocycles. The van der Waals surface area contributed by atoms with Gasteiger partial charge in [-0.25, -0.2) is 17.8 Å². The molecule has 0 atom stereocenters. The zero-order chi connectivity index (χ0) is 21.4. The monoisotopic (exact) mass is 569 g/mol. The minimum Gasteiger partial charge on any atom is -0.357 e. The largest absolute Gasteiger partial charge is 0.357 e. The lowest BCUT2D eigenvalue weighted by Crippen LogP contribution is -2.38. The molecule has 0 saturated heterocycles. The third kappa shape index (κ3) is 8.72. The number of nitrogens with one attached hydrogen (secondary N) is 3. The second-order valence-electron chi connectivity index (χ2n) is 6.57. The number of aryl methyl sites for hydroxylation is 3. The SMILES string of the molecule is CCNC(=NCCS(=O)(=O)Nc1ccc(C)c(F)c1)NCCc1nc(C)c(C)s1.I. The number of anilines is 1. The molecular weight excluding hydrogens is 540 g/mol. The fourth-order valence-electron chi connectivity index (χ4n) is 2.44. The number of halogens is 2. The van der Waals surface area contributed by atoms with Crippen LogP contribution in [0.15, 0.2) is 23.2 Å². The molecule has 0 radical (unpaired) electrons. The van der Waals surface area contributed by atoms with Gasteiger partial charge in [0.15, 0.2) is 5.96 Å². The van der Waals surface area contributed by atoms with Gasteiger partial charge in [-0.2, -0.15) is 0 Å². The minimum absolute atomic E-state index is 0. The Bertz CT molecular complexity index is 944. The summed E-state index contributed by atoms with van der Waals surface area (Å²) in [5.74, 6) is -0.106. The van der Waals surface area contributed by atoms with Gasteiger partial charge in [-0.15, -0.1) is 35.3 Å². The molecule has 0 saturated carbocycles. The van der Waals surface area contributed by atoms with Crippen molar-refractivity contribution < 1.29 is 12.8 Å². The van der Waals surface area contributed by atoms with Crippen molar-refractivity contribution >= 4 is 57.0 Å². The highest BCUT2D eigenvalue weighted by Crippen LogP contribution is 2.16. The van der Waals surface area contributed by atoms with Gasteiger partial charge in [0.1, 0.15) is 5.82 Å². The number of rotatable bonds is 9. The van der Waals surface area contributed by atoms with Crippen molar-refractivity contribution in [2.24, 2.45) is 4.99 Å². The molecule has 0 aliphatic heterocycles. The van der Waals surface area contributed by atoms with Crippen LogP contribution in [-0.4, -0.2) is 44.7 Å². The van der Waals surface area contributed by atoms with Crippen LogP contribution >= 0.6 is 35.3 Å². The number of nitrogens with zero attached hydrogens (tertiary/aromatic N) is 2. The molecule has 0 aliphatic rings. The molecule has 3 N–H and O–H groups in total. The first-order chi connectivity index (χ1) is 13.7. The Kier molecular flexibility index (Phi) is 11.0. The lowest BCUT2D eigenvalue weighted by Gasteiger charge is -2.11. The molecule has 0 fully saturated rings. The number of aromatic nitrogens is 1. The fraction of sp³-hybridized carbons (Fsp3) is 0.474. The molecule has 11 heteroatoms. The summed E-state index contributed by atoms with van der Waals surface area (Å²) in [6.45, 7) is 8.99. The standard InChI is InChI=1S/C19H28FN5O2S2.HI/c1-5-21-19(22-9-8-18-24-14(3)15(4)28-18)23-10-11-29(26,27)25-16-7-6-13(2)17(20)12-16;/h6-7,12,25H,5,8-11H2,1-4H3,(H2,21,22,23);1H. The van der Waals surface area contributed by atoms with Crippen molar-refractivity contribution in [2.75, 3.05) is 30.1 Å². The van der Waals surface area contributed by atoms with E-state index in [0.29, 0.717) is 24.6 Å². The Morgan fingerprint density at radius 1 is 1.23 bits per heavy atom. The Labute approximate surface area is 199 Å². The van der Waals surface area contributed by atoms with Gasteiger partial charge in [-0.05, 0) is 45.4 Å². The summed E-state index contributed by atoms with van der Waals surface area (Å²) in [4.78, 5) is 10.0. The van der Waals surface area contributed by atoms with Crippen LogP contribution < -0.4 is 15.4 Å². The summed E-state index contributed by atoms with van der Waals surface area (Å²) in [6, 6.07) is 4.24. The second-order valence-corrected chi connectivity index (χ2v) is 9.70. The number of guanidine groups is 1. The van der Waals surface area contributed by atoms with E-state index in [-0.39, 0.29) is 42.0 Å². The molecule has 1 aromatic carbocycles. The van der Waals surface area contributed by atoms with Gasteiger partial charge in [0.05, 0.1) is 28.7 Å². The first-order valence-electron chi connectivity index (χ1n) is 9.42. The zero-order valence-corrected chi connectivity index (χ0v) is 21.5. The maximum absolute atomic E-state index is 13.6. The number of hydrogen-bond donors (Lipinski definition) is 3. The maximum atomic E-state index is 13.6. The van der Waals surface area contributed by atoms with E-state index >= 15 is 0 Å². The number of hydrogen-bond acceptors (Lipinski definition) is 5. The maximum Gasteiger partial charge on any atom is 0.234 e. The van der Waals surface area contributed by atoms with E-state index in [4.69, 9.17) is 0 Å². The third-order valence-electron chi connectivity index (χ3n) is 4.12. The average Bonchev–Trinajstić information content (AvgIpc) is 2.95. The second kappa shape index (κ2) is 12.4. The predicted molar refractivity (Wildman–Crippen MR) is 133 cm³/mol. The summed E-state index contributed by atoms with van der Waals surface area (Å²) >= 11 is 1.68. The lowest BCUT2D eigenvalue weighted by atomic mass is 10.2. The first kappa shape index (κ1) is 26.6. The molecule has 2 rings (SSSR count). The highest BCUT2D eigenvalue weighted by molar-refractivity contribution is 14.0. The fourth-order valence-corrected chi connectivity index (χ4v) is 4.29. The molecule has 0 aliphatic carbocycles. The van der Waals surface area contributed by atoms with Crippen molar-refractivity contribution in [3.05, 3.63) is 45.2 Å². The predicted octanol–water partition coefficient (Wildman–Crippen LogP) is 3.36. The number of aliphatic imine (C=N–C) groups is 1. The molecule has 0 unspecified atom stereocenters. The van der Waals surface area contributed by atoms with Gasteiger partial charge < -0.3 is 10.6 Å². The Hall–Kier alpha value is -1.47. The molecule has 30 heavy (non-hydrogen) atoms. The number of benzene rings is 1. The number of thiazole rings is 1. The smallest absolute Gasteiger partial charge is 0.234 e. The van der Waals surface area contributed by atoms with Gasteiger partial charge in [-0.1, -0.05) is 6.07 Å². The highest BCUT2D eigenvalue weighted by atomic mass is 127. The molecule has 2 aromatic rings. The van der Waals surface area contributed by atoms with Gasteiger partial charge >= 0.3 is 0 Å². The Balaban J connectivity index is 0.00000450. The summed E-state index contributed by atoms with van der Waals surface area (Å²) in [5, 5.41) is 7.34. The third-order valence-corrected chi connectivity index (χ3v) is 6.52. The van der Waals surface area contributed by atoms with E-state index in [9.17, 15) is 12.8 Å². The van der Waals surface area contributed by atoms with E-state index in [2.05, 4.69) is 32.3 Å². The quantitative estimate of drug-likeness (QED) is 0.245. The summed E-state index contributed by atoms with van der Waals surface area (Å²) < 4.78 is 40.4. The van der Waals surface area contributed by atoms with Crippen LogP contribution in [0.25, 0.3) is 0 Å². The Morgan fingerprint density at radius 3 is 2.57 bits per heavy atom. The van der Waals surface area contributed by atoms with E-state index < -0.39 is 15.8 Å². The molecule has 7 nitrogen and oxygen atoms in total. The van der Waals surface area contributed by atoms with Crippen molar-refractivity contribution in [3.8, 4) is 0 Å². The van der Waals surface area contributed by atoms with Crippen LogP contribution in [0.4, 0.5) is 10.1 Å². The normalized spacial score (nSPS) is 11.7. The summed E-state index contributed by atoms with van der Waals surface area (Å²) in [6.07, 6.45) is 0.766. The Morgan fingerprint density at radius 2 is 1.97 bits per heavy atom. The lowest BCUT2D eigenvalue weighted by molar-refractivity contribution is 0.600. The summed E-state index contributed by atoms with van der Waals surface area (Å²) in [7, 11) is -3.63. The van der Waals surface area contributed by atoms with Crippen LogP contribution in [0.3, 0.4) is 0 Å². The molecule has 168 valence electrons. The number of sulfonamides is 1. The van der Waals surface area contributed by atoms with Crippen LogP contribution in [0.1, 0.15) is 28.1 Å². The minimum atomic E-state index is -3.63. The van der Waals surface area contributed by atoms with Crippen molar-refractivity contribution in [1.82, 2.24) is 15.6 Å². The van der Waals surface area contributed by atoms with E-state index in [0.717, 1.165) is 17.1 Å². The highest BCUT2D eigenvalue weighted by Gasteiger charge is 2.11. The molecule has 0 bridgehead atoms. The molecule has 1 heterocycles.